The highest BCUT2D eigenvalue weighted by atomic mass is 19.4. The van der Waals surface area contributed by atoms with Crippen LogP contribution in [0.4, 0.5) is 13.2 Å². The van der Waals surface area contributed by atoms with E-state index in [4.69, 9.17) is 0 Å². The van der Waals surface area contributed by atoms with Gasteiger partial charge in [-0.05, 0) is 133 Å². The number of alkyl halides is 3. The number of fused-ring (bicyclic) bond motifs is 2. The molecule has 0 fully saturated rings. The van der Waals surface area contributed by atoms with Gasteiger partial charge in [0, 0.05) is 0 Å². The van der Waals surface area contributed by atoms with E-state index in [1.54, 1.807) is 24.3 Å². The van der Waals surface area contributed by atoms with Crippen molar-refractivity contribution < 1.29 is 13.2 Å². The van der Waals surface area contributed by atoms with E-state index in [0.29, 0.717) is 0 Å². The lowest BCUT2D eigenvalue weighted by molar-refractivity contribution is -0.173. The summed E-state index contributed by atoms with van der Waals surface area (Å²) in [4.78, 5) is 0. The first-order valence-corrected chi connectivity index (χ1v) is 17.6. The van der Waals surface area contributed by atoms with Crippen LogP contribution in [0.3, 0.4) is 0 Å². The molecule has 0 spiro atoms. The molecular formula is C49H37F3. The molecule has 0 heterocycles. The second-order valence-corrected chi connectivity index (χ2v) is 13.8. The minimum atomic E-state index is -4.57. The monoisotopic (exact) mass is 682 g/mol. The molecule has 8 rings (SSSR count). The predicted molar refractivity (Wildman–Crippen MR) is 212 cm³/mol. The molecule has 254 valence electrons. The Hall–Kier alpha value is -5.93. The molecule has 0 saturated carbocycles. The van der Waals surface area contributed by atoms with E-state index in [-0.39, 0.29) is 11.1 Å². The fraction of sp³-hybridized carbons (Fsp3) is 0.102. The van der Waals surface area contributed by atoms with Crippen molar-refractivity contribution in [2.45, 2.75) is 32.4 Å². The van der Waals surface area contributed by atoms with Crippen molar-refractivity contribution in [3.8, 4) is 44.5 Å². The third-order valence-electron chi connectivity index (χ3n) is 10.8. The third-order valence-corrected chi connectivity index (χ3v) is 10.8. The van der Waals surface area contributed by atoms with Crippen LogP contribution in [0.2, 0.25) is 0 Å². The SMILES string of the molecule is Cc1c(-c2ccccc2)c(-c2ccccc2)c(C)c2cc(C(C)(c3ccc4cc(-c5ccccc5)c(-c5ccccc5)cc4c3)C(F)(F)F)ccc12. The van der Waals surface area contributed by atoms with Crippen molar-refractivity contribution in [1.29, 1.82) is 0 Å². The normalized spacial score (nSPS) is 13.0. The van der Waals surface area contributed by atoms with Gasteiger partial charge in [-0.25, -0.2) is 0 Å². The average molecular weight is 683 g/mol. The van der Waals surface area contributed by atoms with Crippen LogP contribution in [0.15, 0.2) is 170 Å². The minimum absolute atomic E-state index is 0.205. The van der Waals surface area contributed by atoms with E-state index in [1.807, 2.05) is 110 Å². The number of halogens is 3. The van der Waals surface area contributed by atoms with Crippen LogP contribution in [0.25, 0.3) is 66.1 Å². The molecule has 0 nitrogen and oxygen atoms in total. The van der Waals surface area contributed by atoms with Gasteiger partial charge in [0.05, 0.1) is 0 Å². The standard InChI is InChI=1S/C49H37F3/c1-32-42-27-26-41(31-43(42)33(2)47(37-22-14-7-15-23-37)46(32)36-20-12-6-13-21-36)48(3,49(50,51)52)40-25-24-38-29-44(34-16-8-4-9-17-34)45(30-39(38)28-40)35-18-10-5-11-19-35/h4-31H,1-3H3. The summed E-state index contributed by atoms with van der Waals surface area (Å²) in [6.45, 7) is 5.44. The molecule has 0 aromatic heterocycles. The van der Waals surface area contributed by atoms with Crippen molar-refractivity contribution in [3.05, 3.63) is 192 Å². The second-order valence-electron chi connectivity index (χ2n) is 13.8. The molecule has 0 N–H and O–H groups in total. The van der Waals surface area contributed by atoms with Crippen molar-refractivity contribution in [2.24, 2.45) is 0 Å². The fourth-order valence-electron chi connectivity index (χ4n) is 7.88. The van der Waals surface area contributed by atoms with Gasteiger partial charge < -0.3 is 0 Å². The fourth-order valence-corrected chi connectivity index (χ4v) is 7.88. The number of hydrogen-bond acceptors (Lipinski definition) is 0. The second kappa shape index (κ2) is 13.0. The summed E-state index contributed by atoms with van der Waals surface area (Å²) >= 11 is 0. The Labute approximate surface area is 302 Å². The quantitative estimate of drug-likeness (QED) is 0.164. The number of rotatable bonds is 6. The average Bonchev–Trinajstić information content (AvgIpc) is 3.18. The Morgan fingerprint density at radius 2 is 0.788 bits per heavy atom. The summed E-state index contributed by atoms with van der Waals surface area (Å²) in [5, 5.41) is 3.42. The topological polar surface area (TPSA) is 0 Å². The molecule has 0 amide bonds. The lowest BCUT2D eigenvalue weighted by Crippen LogP contribution is -2.40. The van der Waals surface area contributed by atoms with Crippen LogP contribution in [0.5, 0.6) is 0 Å². The highest BCUT2D eigenvalue weighted by Gasteiger charge is 2.53. The zero-order valence-electron chi connectivity index (χ0n) is 29.3. The summed E-state index contributed by atoms with van der Waals surface area (Å²) in [5.41, 5.74) is 8.47. The summed E-state index contributed by atoms with van der Waals surface area (Å²) < 4.78 is 47.1. The molecule has 3 heteroatoms. The van der Waals surface area contributed by atoms with Crippen molar-refractivity contribution in [2.75, 3.05) is 0 Å². The Balaban J connectivity index is 1.35. The molecule has 0 saturated heterocycles. The van der Waals surface area contributed by atoms with E-state index < -0.39 is 11.6 Å². The maximum absolute atomic E-state index is 15.7. The molecule has 8 aromatic carbocycles. The summed E-state index contributed by atoms with van der Waals surface area (Å²) in [6, 6.07) is 55.3. The molecule has 52 heavy (non-hydrogen) atoms. The molecule has 0 aliphatic carbocycles. The smallest absolute Gasteiger partial charge is 0.170 e. The highest BCUT2D eigenvalue weighted by molar-refractivity contribution is 6.03. The van der Waals surface area contributed by atoms with Crippen LogP contribution in [0, 0.1) is 13.8 Å². The molecule has 0 aliphatic heterocycles. The van der Waals surface area contributed by atoms with Gasteiger partial charge >= 0.3 is 6.18 Å². The van der Waals surface area contributed by atoms with Crippen molar-refractivity contribution in [3.63, 3.8) is 0 Å². The highest BCUT2D eigenvalue weighted by Crippen LogP contribution is 2.50. The first kappa shape index (κ1) is 33.2. The molecule has 8 aromatic rings. The predicted octanol–water partition coefficient (Wildman–Crippen LogP) is 14.1. The zero-order valence-corrected chi connectivity index (χ0v) is 29.3. The third kappa shape index (κ3) is 5.58. The van der Waals surface area contributed by atoms with Gasteiger partial charge in [0.25, 0.3) is 0 Å². The van der Waals surface area contributed by atoms with Crippen molar-refractivity contribution in [1.82, 2.24) is 0 Å². The molecule has 1 unspecified atom stereocenters. The van der Waals surface area contributed by atoms with Gasteiger partial charge in [-0.2, -0.15) is 13.2 Å². The number of aryl methyl sites for hydroxylation is 2. The number of benzene rings is 8. The van der Waals surface area contributed by atoms with Crippen LogP contribution in [-0.2, 0) is 5.41 Å². The van der Waals surface area contributed by atoms with Crippen LogP contribution >= 0.6 is 0 Å². The summed E-state index contributed by atoms with van der Waals surface area (Å²) in [5.74, 6) is 0. The van der Waals surface area contributed by atoms with Gasteiger partial charge in [-0.15, -0.1) is 0 Å². The van der Waals surface area contributed by atoms with E-state index >= 15 is 13.2 Å². The molecule has 0 aliphatic rings. The summed E-state index contributed by atoms with van der Waals surface area (Å²) in [6.07, 6.45) is -4.57. The Kier molecular flexibility index (Phi) is 8.30. The van der Waals surface area contributed by atoms with Gasteiger partial charge in [-0.3, -0.25) is 0 Å². The van der Waals surface area contributed by atoms with E-state index in [0.717, 1.165) is 77.2 Å². The van der Waals surface area contributed by atoms with Gasteiger partial charge in [0.15, 0.2) is 0 Å². The molecule has 0 bridgehead atoms. The minimum Gasteiger partial charge on any atom is -0.170 e. The first-order valence-electron chi connectivity index (χ1n) is 17.6. The Bertz CT molecular complexity index is 2550. The molecule has 0 radical (unpaired) electrons. The van der Waals surface area contributed by atoms with Gasteiger partial charge in [0.2, 0.25) is 0 Å². The lowest BCUT2D eigenvalue weighted by atomic mass is 9.73. The van der Waals surface area contributed by atoms with Crippen molar-refractivity contribution >= 4 is 21.5 Å². The largest absolute Gasteiger partial charge is 0.402 e. The maximum Gasteiger partial charge on any atom is 0.402 e. The van der Waals surface area contributed by atoms with E-state index in [1.165, 1.54) is 6.92 Å². The zero-order chi connectivity index (χ0) is 36.0. The molecule has 1 atom stereocenters. The van der Waals surface area contributed by atoms with Crippen LogP contribution < -0.4 is 0 Å². The first-order chi connectivity index (χ1) is 25.1. The lowest BCUT2D eigenvalue weighted by Gasteiger charge is -2.34. The Morgan fingerprint density at radius 1 is 0.385 bits per heavy atom. The van der Waals surface area contributed by atoms with Crippen LogP contribution in [0.1, 0.15) is 29.2 Å². The Morgan fingerprint density at radius 3 is 1.27 bits per heavy atom. The molecular weight excluding hydrogens is 646 g/mol. The maximum atomic E-state index is 15.7. The van der Waals surface area contributed by atoms with Gasteiger partial charge in [-0.1, -0.05) is 146 Å². The number of hydrogen-bond donors (Lipinski definition) is 0. The summed E-state index contributed by atoms with van der Waals surface area (Å²) in [7, 11) is 0. The van der Waals surface area contributed by atoms with E-state index in [9.17, 15) is 0 Å². The van der Waals surface area contributed by atoms with Gasteiger partial charge in [0.1, 0.15) is 5.41 Å². The van der Waals surface area contributed by atoms with Crippen LogP contribution in [-0.4, -0.2) is 6.18 Å². The van der Waals surface area contributed by atoms with E-state index in [2.05, 4.69) is 49.4 Å².